The van der Waals surface area contributed by atoms with Crippen LogP contribution in [0.25, 0.3) is 0 Å². The van der Waals surface area contributed by atoms with Gasteiger partial charge in [-0.25, -0.2) is 26.4 Å². The molecule has 0 unspecified atom stereocenters. The Morgan fingerprint density at radius 3 is 1.21 bits per heavy atom. The van der Waals surface area contributed by atoms with Crippen LogP contribution in [0.2, 0.25) is 0 Å². The zero-order valence-electron chi connectivity index (χ0n) is 40.7. The summed E-state index contributed by atoms with van der Waals surface area (Å²) in [5, 5.41) is 8.94. The Hall–Kier alpha value is -5.90. The topological polar surface area (TPSA) is 216 Å². The summed E-state index contributed by atoms with van der Waals surface area (Å²) in [7, 11) is 1.82. The third-order valence-electron chi connectivity index (χ3n) is 10.6. The molecule has 4 rings (SSSR count). The first-order chi connectivity index (χ1) is 32.0. The number of carboxylic acid groups (broad SMARTS) is 1. The maximum absolute atomic E-state index is 13.0. The van der Waals surface area contributed by atoms with Crippen molar-refractivity contribution in [3.63, 3.8) is 0 Å². The predicted octanol–water partition coefficient (Wildman–Crippen LogP) is 5.09. The van der Waals surface area contributed by atoms with E-state index in [1.807, 2.05) is 0 Å². The van der Waals surface area contributed by atoms with Crippen LogP contribution in [0, 0.1) is 27.7 Å². The summed E-state index contributed by atoms with van der Waals surface area (Å²) >= 11 is 0. The number of aromatic carboxylic acids is 1. The number of methoxy groups -OCH3 is 2. The SMILES string of the molecule is CCOC(=O)c1ccc(CN(C)C(=O)COCCN(C)S(=O)(=O)c2c(C)cc(OC)cc2C)cc1.COc1cc(C)c(S(=O)(=O)N(C)CCOCC(=O)N(C)Cc2ccc(C(=O)O)cc2)c(C)c1. The summed E-state index contributed by atoms with van der Waals surface area (Å²) < 4.78 is 80.7. The molecule has 1 N–H and O–H groups in total. The van der Waals surface area contributed by atoms with Crippen LogP contribution in [0.3, 0.4) is 0 Å². The molecule has 0 saturated heterocycles. The van der Waals surface area contributed by atoms with Crippen LogP contribution in [-0.4, -0.2) is 153 Å². The summed E-state index contributed by atoms with van der Waals surface area (Å²) in [6.07, 6.45) is 0. The van der Waals surface area contributed by atoms with E-state index in [4.69, 9.17) is 28.8 Å². The number of likely N-dealkylation sites (N-methyl/N-ethyl adjacent to an activating group) is 4. The minimum Gasteiger partial charge on any atom is -0.497 e. The molecule has 2 amide bonds. The number of sulfonamides is 2. The summed E-state index contributed by atoms with van der Waals surface area (Å²) in [5.74, 6) is -0.723. The average Bonchev–Trinajstić information content (AvgIpc) is 3.28. The highest BCUT2D eigenvalue weighted by atomic mass is 32.2. The molecular weight excluding hydrogens is 921 g/mol. The highest BCUT2D eigenvalue weighted by molar-refractivity contribution is 7.89. The number of carbonyl (C=O) groups excluding carboxylic acids is 3. The monoisotopic (exact) mass is 984 g/mol. The largest absolute Gasteiger partial charge is 0.497 e. The molecule has 18 nitrogen and oxygen atoms in total. The quantitative estimate of drug-likeness (QED) is 0.0757. The van der Waals surface area contributed by atoms with Crippen molar-refractivity contribution in [1.82, 2.24) is 18.4 Å². The highest BCUT2D eigenvalue weighted by Crippen LogP contribution is 2.29. The first kappa shape index (κ1) is 56.4. The van der Waals surface area contributed by atoms with Crippen LogP contribution in [0.15, 0.2) is 82.6 Å². The van der Waals surface area contributed by atoms with Crippen molar-refractivity contribution in [3.05, 3.63) is 117 Å². The summed E-state index contributed by atoms with van der Waals surface area (Å²) in [4.78, 5) is 50.8. The van der Waals surface area contributed by atoms with E-state index in [2.05, 4.69) is 0 Å². The first-order valence-corrected chi connectivity index (χ1v) is 24.3. The number of nitrogens with zero attached hydrogens (tertiary/aromatic N) is 4. The minimum absolute atomic E-state index is 0.0524. The van der Waals surface area contributed by atoms with E-state index < -0.39 is 26.0 Å². The fourth-order valence-electron chi connectivity index (χ4n) is 6.79. The first-order valence-electron chi connectivity index (χ1n) is 21.4. The summed E-state index contributed by atoms with van der Waals surface area (Å²) in [5.41, 5.74) is 4.64. The van der Waals surface area contributed by atoms with Gasteiger partial charge < -0.3 is 38.6 Å². The molecule has 0 saturated carbocycles. The second-order valence-corrected chi connectivity index (χ2v) is 19.8. The van der Waals surface area contributed by atoms with E-state index in [1.54, 1.807) is 109 Å². The highest BCUT2D eigenvalue weighted by Gasteiger charge is 2.27. The Bertz CT molecular complexity index is 2540. The van der Waals surface area contributed by atoms with E-state index in [0.29, 0.717) is 59.0 Å². The average molecular weight is 985 g/mol. The van der Waals surface area contributed by atoms with Crippen LogP contribution in [0.1, 0.15) is 61.0 Å². The molecule has 0 fully saturated rings. The standard InChI is InChI=1S/C25H34N2O7S.C23H30N2O7S/c1-7-34-25(29)21-10-8-20(9-11-21)16-26(4)23(28)17-33-13-12-27(5)35(30,31)24-18(2)14-22(32-6)15-19(24)3;1-16-12-20(31-5)13-17(2)22(16)33(29,30)25(4)10-11-32-15-21(26)24(3)14-18-6-8-19(9-7-18)23(27)28/h8-11,14-15H,7,12-13,16-17H2,1-6H3;6-9,12-13H,10-11,14-15H2,1-5H3,(H,27,28). The number of carbonyl (C=O) groups is 4. The number of carboxylic acids is 1. The Morgan fingerprint density at radius 1 is 0.559 bits per heavy atom. The van der Waals surface area contributed by atoms with Gasteiger partial charge in [0.25, 0.3) is 0 Å². The number of hydrogen-bond donors (Lipinski definition) is 1. The van der Waals surface area contributed by atoms with Gasteiger partial charge in [-0.3, -0.25) is 9.59 Å². The van der Waals surface area contributed by atoms with Crippen LogP contribution in [0.4, 0.5) is 0 Å². The molecule has 0 heterocycles. The molecule has 0 aromatic heterocycles. The number of hydrogen-bond acceptors (Lipinski definition) is 13. The van der Waals surface area contributed by atoms with Gasteiger partial charge in [0.15, 0.2) is 0 Å². The molecule has 0 spiro atoms. The Kier molecular flexibility index (Phi) is 21.6. The van der Waals surface area contributed by atoms with Crippen molar-refractivity contribution in [2.75, 3.05) is 88.5 Å². The van der Waals surface area contributed by atoms with Crippen molar-refractivity contribution in [2.45, 2.75) is 57.5 Å². The Morgan fingerprint density at radius 2 is 0.897 bits per heavy atom. The van der Waals surface area contributed by atoms with Crippen molar-refractivity contribution >= 4 is 43.8 Å². The predicted molar refractivity (Wildman–Crippen MR) is 255 cm³/mol. The Balaban J connectivity index is 0.000000361. The zero-order valence-corrected chi connectivity index (χ0v) is 42.3. The maximum atomic E-state index is 13.0. The normalized spacial score (nSPS) is 11.4. The lowest BCUT2D eigenvalue weighted by Crippen LogP contribution is -2.33. The molecular formula is C48H64N4O14S2. The van der Waals surface area contributed by atoms with E-state index in [0.717, 1.165) is 11.1 Å². The lowest BCUT2D eigenvalue weighted by molar-refractivity contribution is -0.136. The van der Waals surface area contributed by atoms with Crippen molar-refractivity contribution in [1.29, 1.82) is 0 Å². The van der Waals surface area contributed by atoms with Crippen LogP contribution >= 0.6 is 0 Å². The van der Waals surface area contributed by atoms with Gasteiger partial charge >= 0.3 is 11.9 Å². The van der Waals surface area contributed by atoms with Crippen LogP contribution in [-0.2, 0) is 56.9 Å². The molecule has 0 bridgehead atoms. The summed E-state index contributed by atoms with van der Waals surface area (Å²) in [6.45, 7) is 9.51. The van der Waals surface area contributed by atoms with Gasteiger partial charge in [0.05, 0.1) is 55.0 Å². The zero-order chi connectivity index (χ0) is 50.9. The third kappa shape index (κ3) is 15.8. The second-order valence-electron chi connectivity index (χ2n) is 15.9. The van der Waals surface area contributed by atoms with Gasteiger partial charge in [0.2, 0.25) is 31.9 Å². The van der Waals surface area contributed by atoms with Gasteiger partial charge in [0.1, 0.15) is 24.7 Å². The molecule has 0 radical (unpaired) electrons. The smallest absolute Gasteiger partial charge is 0.338 e. The third-order valence-corrected chi connectivity index (χ3v) is 14.9. The lowest BCUT2D eigenvalue weighted by Gasteiger charge is -2.21. The van der Waals surface area contributed by atoms with Crippen molar-refractivity contribution < 1.29 is 64.8 Å². The fourth-order valence-corrected chi connectivity index (χ4v) is 9.90. The second kappa shape index (κ2) is 26.0. The number of benzene rings is 4. The van der Waals surface area contributed by atoms with E-state index in [1.165, 1.54) is 58.9 Å². The molecule has 20 heteroatoms. The maximum Gasteiger partial charge on any atom is 0.338 e. The molecule has 0 aliphatic carbocycles. The number of rotatable bonds is 23. The van der Waals surface area contributed by atoms with Gasteiger partial charge in [0, 0.05) is 54.4 Å². The molecule has 4 aromatic rings. The number of aryl methyl sites for hydroxylation is 4. The summed E-state index contributed by atoms with van der Waals surface area (Å²) in [6, 6.07) is 19.8. The van der Waals surface area contributed by atoms with Gasteiger partial charge in [-0.1, -0.05) is 24.3 Å². The van der Waals surface area contributed by atoms with E-state index in [9.17, 15) is 36.0 Å². The lowest BCUT2D eigenvalue weighted by atomic mass is 10.1. The van der Waals surface area contributed by atoms with Gasteiger partial charge in [-0.05, 0) is 117 Å². The van der Waals surface area contributed by atoms with Gasteiger partial charge in [-0.15, -0.1) is 0 Å². The molecule has 68 heavy (non-hydrogen) atoms. The number of ether oxygens (including phenoxy) is 5. The molecule has 372 valence electrons. The van der Waals surface area contributed by atoms with Crippen molar-refractivity contribution in [3.8, 4) is 11.5 Å². The number of esters is 1. The van der Waals surface area contributed by atoms with Crippen molar-refractivity contribution in [2.24, 2.45) is 0 Å². The van der Waals surface area contributed by atoms with Crippen LogP contribution < -0.4 is 9.47 Å². The molecule has 0 aliphatic heterocycles. The fraction of sp³-hybridized carbons (Fsp3) is 0.417. The van der Waals surface area contributed by atoms with Crippen LogP contribution in [0.5, 0.6) is 11.5 Å². The number of amides is 2. The minimum atomic E-state index is -3.73. The van der Waals surface area contributed by atoms with E-state index >= 15 is 0 Å². The van der Waals surface area contributed by atoms with E-state index in [-0.39, 0.29) is 72.7 Å². The molecule has 0 aliphatic rings. The molecule has 0 atom stereocenters. The van der Waals surface area contributed by atoms with Gasteiger partial charge in [-0.2, -0.15) is 8.61 Å². The molecule has 4 aromatic carbocycles. The Labute approximate surface area is 400 Å².